The molecular formula is C41H121B4N9O2Si12. The summed E-state index contributed by atoms with van der Waals surface area (Å²) in [6.45, 7) is 90.3. The fourth-order valence-corrected chi connectivity index (χ4v) is 106. The van der Waals surface area contributed by atoms with Gasteiger partial charge in [-0.2, -0.15) is 0 Å². The highest BCUT2D eigenvalue weighted by atomic mass is 28.5. The molecule has 0 unspecified atom stereocenters. The van der Waals surface area contributed by atoms with Gasteiger partial charge in [0.25, 0.3) is 22.6 Å². The average molecular weight is 1150 g/mol. The highest BCUT2D eigenvalue weighted by Gasteiger charge is 2.54. The zero-order chi connectivity index (χ0) is 54.4. The predicted octanol–water partition coefficient (Wildman–Crippen LogP) is 10.6. The minimum Gasteiger partial charge on any atom is -0.381 e. The van der Waals surface area contributed by atoms with Crippen LogP contribution in [0.25, 0.3) is 0 Å². The summed E-state index contributed by atoms with van der Waals surface area (Å²) < 4.78 is 28.6. The maximum Gasteiger partial charge on any atom is 0.363 e. The summed E-state index contributed by atoms with van der Waals surface area (Å²) in [6.07, 6.45) is 5.11. The molecule has 68 heavy (non-hydrogen) atoms. The van der Waals surface area contributed by atoms with Crippen molar-refractivity contribution in [1.29, 1.82) is 0 Å². The topological polar surface area (TPSA) is 74.0 Å². The van der Waals surface area contributed by atoms with Crippen LogP contribution in [0.3, 0.4) is 0 Å². The second-order valence-corrected chi connectivity index (χ2v) is 91.1. The van der Waals surface area contributed by atoms with Crippen LogP contribution >= 0.6 is 0 Å². The van der Waals surface area contributed by atoms with Crippen molar-refractivity contribution in [3.05, 3.63) is 0 Å². The van der Waals surface area contributed by atoms with E-state index in [-0.39, 0.29) is 7.12 Å². The van der Waals surface area contributed by atoms with Crippen LogP contribution in [0.5, 0.6) is 0 Å². The van der Waals surface area contributed by atoms with Crippen molar-refractivity contribution in [2.75, 3.05) is 26.4 Å². The Labute approximate surface area is 443 Å². The van der Waals surface area contributed by atoms with Gasteiger partial charge in [0.2, 0.25) is 0 Å². The van der Waals surface area contributed by atoms with Gasteiger partial charge in [0.1, 0.15) is 74.1 Å². The molecular weight excluding hydrogens is 1030 g/mol. The normalized spacial score (nSPS) is 17.0. The predicted molar refractivity (Wildman–Crippen MR) is 350 cm³/mol. The van der Waals surface area contributed by atoms with E-state index in [0.717, 1.165) is 49.1 Å². The Morgan fingerprint density at radius 2 is 0.441 bits per heavy atom. The van der Waals surface area contributed by atoms with E-state index in [1.165, 1.54) is 25.7 Å². The first-order chi connectivity index (χ1) is 29.8. The first-order valence-electron chi connectivity index (χ1n) is 26.9. The van der Waals surface area contributed by atoms with E-state index >= 15 is 0 Å². The summed E-state index contributed by atoms with van der Waals surface area (Å²) in [5.41, 5.74) is 0. The molecule has 0 amide bonds. The van der Waals surface area contributed by atoms with Gasteiger partial charge in [0.05, 0.1) is 0 Å². The molecule has 0 radical (unpaired) electrons. The molecule has 0 saturated carbocycles. The first kappa shape index (κ1) is 70.4. The molecule has 0 atom stereocenters. The van der Waals surface area contributed by atoms with Crippen molar-refractivity contribution in [3.63, 3.8) is 0 Å². The van der Waals surface area contributed by atoms with Gasteiger partial charge in [0, 0.05) is 26.4 Å². The Kier molecular flexibility index (Phi) is 27.1. The van der Waals surface area contributed by atoms with Gasteiger partial charge >= 0.3 is 7.12 Å². The Morgan fingerprint density at radius 3 is 0.544 bits per heavy atom. The van der Waals surface area contributed by atoms with Crippen LogP contribution in [0.15, 0.2) is 0 Å². The monoisotopic (exact) mass is 1150 g/mol. The molecule has 2 rings (SSSR count). The van der Waals surface area contributed by atoms with Crippen molar-refractivity contribution >= 4 is 129 Å². The van der Waals surface area contributed by atoms with E-state index in [0.29, 0.717) is 0 Å². The average Bonchev–Trinajstić information content (AvgIpc) is 3.77. The van der Waals surface area contributed by atoms with Crippen molar-refractivity contribution in [2.45, 2.75) is 242 Å². The fraction of sp³-hybridized carbons (Fsp3) is 1.00. The second-order valence-electron chi connectivity index (χ2n) is 30.5. The van der Waals surface area contributed by atoms with Crippen LogP contribution in [0.4, 0.5) is 0 Å². The van der Waals surface area contributed by atoms with Crippen LogP contribution in [-0.4, -0.2) is 180 Å². The van der Waals surface area contributed by atoms with Crippen LogP contribution < -0.4 is 15.4 Å². The van der Waals surface area contributed by atoms with Gasteiger partial charge in [-0.3, -0.25) is 0 Å². The molecule has 0 bridgehead atoms. The molecule has 0 spiro atoms. The van der Waals surface area contributed by atoms with Crippen molar-refractivity contribution in [1.82, 2.24) is 39.5 Å². The Morgan fingerprint density at radius 1 is 0.279 bits per heavy atom. The molecule has 2 heterocycles. The molecule has 0 aromatic carbocycles. The highest BCUT2D eigenvalue weighted by Crippen LogP contribution is 2.35. The number of ether oxygens (including phenoxy) is 2. The standard InChI is InChI=1S/C33H105B4N9Si12.2C4H8O/c1-47(2,3)41(56(28,29)44(50(10,11)12)51(13,14)15)34-38-37(39-35-42(48(4,5)6)57(30,31)45(52(16,17)18)53(19,20)21)40-36-43(49(7,8)9)58(32,33)46(54(22,23)24)55(25,26)27;2*1-2-4-5-3-1/h34-36,38-40H,1-33H3;2*1-4H2. The number of rotatable bonds is 24. The van der Waals surface area contributed by atoms with Crippen LogP contribution in [0.2, 0.25) is 216 Å². The highest BCUT2D eigenvalue weighted by molar-refractivity contribution is 7.11. The summed E-state index contributed by atoms with van der Waals surface area (Å²) in [6, 6.07) is 0. The molecule has 2 fully saturated rings. The smallest absolute Gasteiger partial charge is 0.363 e. The van der Waals surface area contributed by atoms with Crippen molar-refractivity contribution in [2.24, 2.45) is 0 Å². The van der Waals surface area contributed by atoms with Gasteiger partial charge < -0.3 is 49.0 Å². The van der Waals surface area contributed by atoms with E-state index < -0.39 is 99.3 Å². The first-order valence-corrected chi connectivity index (χ1v) is 66.6. The van der Waals surface area contributed by atoms with E-state index in [9.17, 15) is 0 Å². The number of nitrogens with zero attached hydrogens (tertiary/aromatic N) is 6. The lowest BCUT2D eigenvalue weighted by molar-refractivity contribution is 0.198. The zero-order valence-corrected chi connectivity index (χ0v) is 64.4. The van der Waals surface area contributed by atoms with Crippen LogP contribution in [-0.2, 0) is 9.47 Å². The molecule has 2 saturated heterocycles. The van der Waals surface area contributed by atoms with Gasteiger partial charge in [-0.15, -0.1) is 0 Å². The number of nitrogens with one attached hydrogen (secondary N) is 3. The molecule has 11 nitrogen and oxygen atoms in total. The minimum absolute atomic E-state index is 0.0115. The molecule has 0 aliphatic carbocycles. The van der Waals surface area contributed by atoms with Crippen LogP contribution in [0.1, 0.15) is 25.7 Å². The second kappa shape index (κ2) is 26.2. The largest absolute Gasteiger partial charge is 0.381 e. The lowest BCUT2D eigenvalue weighted by Crippen LogP contribution is -2.83. The molecule has 2 aliphatic rings. The maximum atomic E-state index is 4.94. The fourth-order valence-electron chi connectivity index (χ4n) is 13.8. The van der Waals surface area contributed by atoms with Crippen molar-refractivity contribution in [3.8, 4) is 0 Å². The number of hydrogen-bond donors (Lipinski definition) is 3. The van der Waals surface area contributed by atoms with E-state index in [2.05, 4.69) is 256 Å². The van der Waals surface area contributed by atoms with Gasteiger partial charge in [-0.05, 0) is 65.0 Å². The number of hydrogen-bond acceptors (Lipinski definition) is 11. The summed E-state index contributed by atoms with van der Waals surface area (Å²) >= 11 is 0. The minimum atomic E-state index is -2.01. The van der Waals surface area contributed by atoms with Crippen molar-refractivity contribution < 1.29 is 9.47 Å². The Bertz CT molecular complexity index is 1260. The molecule has 3 N–H and O–H groups in total. The maximum absolute atomic E-state index is 4.94. The van der Waals surface area contributed by atoms with E-state index in [4.69, 9.17) is 9.47 Å². The van der Waals surface area contributed by atoms with Gasteiger partial charge in [-0.1, -0.05) is 177 Å². The summed E-state index contributed by atoms with van der Waals surface area (Å²) in [5, 5.41) is 12.8. The molecule has 402 valence electrons. The molecule has 0 aromatic rings. The van der Waals surface area contributed by atoms with E-state index in [1.54, 1.807) is 0 Å². The Hall–Kier alpha value is 2.42. The SMILES string of the molecule is C1CCOC1.C1CCOC1.C[Si](C)(C)N(BNB(NBN([Si](C)(C)C)[Si](C)(C)N([Si](C)(C)C)[Si](C)(C)C)NBN([Si](C)(C)C)[Si](C)(C)N([Si](C)(C)C)[Si](C)(C)C)[Si](C)(C)N([Si](C)(C)C)[Si](C)(C)C. The van der Waals surface area contributed by atoms with Gasteiger partial charge in [0.15, 0.2) is 25.2 Å². The summed E-state index contributed by atoms with van der Waals surface area (Å²) in [4.78, 5) is 0. The lowest BCUT2D eigenvalue weighted by atomic mass is 9.79. The lowest BCUT2D eigenvalue weighted by Gasteiger charge is -2.60. The third-order valence-electron chi connectivity index (χ3n) is 13.1. The molecule has 27 heteroatoms. The summed E-state index contributed by atoms with van der Waals surface area (Å²) in [5.74, 6) is 0. The van der Waals surface area contributed by atoms with E-state index in [1.807, 2.05) is 0 Å². The quantitative estimate of drug-likeness (QED) is 0.0810. The third-order valence-corrected chi connectivity index (χ3v) is 79.2. The third kappa shape index (κ3) is 22.6. The summed E-state index contributed by atoms with van der Waals surface area (Å²) in [7, 11) is -18.1. The molecule has 0 aromatic heterocycles. The van der Waals surface area contributed by atoms with Gasteiger partial charge in [-0.25, -0.2) is 0 Å². The molecule has 2 aliphatic heterocycles. The zero-order valence-electron chi connectivity index (χ0n) is 52.4. The Balaban J connectivity index is 0.00000393. The van der Waals surface area contributed by atoms with Crippen LogP contribution in [0, 0.1) is 0 Å².